The smallest absolute Gasteiger partial charge is 0.253 e. The van der Waals surface area contributed by atoms with E-state index in [9.17, 15) is 4.79 Å². The fraction of sp³-hybridized carbons (Fsp3) is 0.500. The van der Waals surface area contributed by atoms with Gasteiger partial charge in [0.15, 0.2) is 0 Å². The van der Waals surface area contributed by atoms with Gasteiger partial charge in [-0.3, -0.25) is 4.79 Å². The number of alkyl halides is 1. The fourth-order valence-corrected chi connectivity index (χ4v) is 1.99. The van der Waals surface area contributed by atoms with Gasteiger partial charge in [-0.15, -0.1) is 0 Å². The Balaban J connectivity index is 2.75. The summed E-state index contributed by atoms with van der Waals surface area (Å²) in [5, 5.41) is 0.927. The van der Waals surface area contributed by atoms with Crippen molar-refractivity contribution in [1.29, 1.82) is 0 Å². The minimum Gasteiger partial charge on any atom is -0.378 e. The standard InChI is InChI=1S/C14H21BrN2O/c1-4-17(11-5-10-15)14(18)12-6-8-13(9-7-12)16(2)3/h6-9H,4-5,10-11H2,1-3H3. The molecule has 0 bridgehead atoms. The highest BCUT2D eigenvalue weighted by atomic mass is 79.9. The van der Waals surface area contributed by atoms with E-state index in [0.717, 1.165) is 36.1 Å². The van der Waals surface area contributed by atoms with E-state index in [1.807, 2.05) is 55.1 Å². The van der Waals surface area contributed by atoms with Gasteiger partial charge in [-0.05, 0) is 37.6 Å². The van der Waals surface area contributed by atoms with Crippen molar-refractivity contribution in [1.82, 2.24) is 4.90 Å². The Hall–Kier alpha value is -1.03. The lowest BCUT2D eigenvalue weighted by Crippen LogP contribution is -2.31. The number of carbonyl (C=O) groups excluding carboxylic acids is 1. The molecule has 0 aliphatic carbocycles. The van der Waals surface area contributed by atoms with Crippen molar-refractivity contribution in [2.24, 2.45) is 0 Å². The molecule has 0 fully saturated rings. The third-order valence-corrected chi connectivity index (χ3v) is 3.42. The number of halogens is 1. The second kappa shape index (κ2) is 7.41. The summed E-state index contributed by atoms with van der Waals surface area (Å²) < 4.78 is 0. The van der Waals surface area contributed by atoms with Crippen molar-refractivity contribution in [3.63, 3.8) is 0 Å². The van der Waals surface area contributed by atoms with Gasteiger partial charge in [0, 0.05) is 43.8 Å². The van der Waals surface area contributed by atoms with Crippen molar-refractivity contribution in [2.45, 2.75) is 13.3 Å². The molecule has 0 aliphatic heterocycles. The van der Waals surface area contributed by atoms with Crippen molar-refractivity contribution < 1.29 is 4.79 Å². The first kappa shape index (κ1) is 15.0. The number of hydrogen-bond acceptors (Lipinski definition) is 2. The molecule has 0 aliphatic rings. The van der Waals surface area contributed by atoms with E-state index in [0.29, 0.717) is 0 Å². The maximum atomic E-state index is 12.3. The maximum Gasteiger partial charge on any atom is 0.253 e. The first-order valence-electron chi connectivity index (χ1n) is 6.22. The highest BCUT2D eigenvalue weighted by Crippen LogP contribution is 2.14. The van der Waals surface area contributed by atoms with E-state index < -0.39 is 0 Å². The molecule has 1 amide bonds. The highest BCUT2D eigenvalue weighted by molar-refractivity contribution is 9.09. The Bertz CT molecular complexity index is 376. The minimum absolute atomic E-state index is 0.115. The number of nitrogens with zero attached hydrogens (tertiary/aromatic N) is 2. The molecular formula is C14H21BrN2O. The molecule has 1 rings (SSSR count). The monoisotopic (exact) mass is 312 g/mol. The summed E-state index contributed by atoms with van der Waals surface area (Å²) in [6.45, 7) is 3.57. The van der Waals surface area contributed by atoms with Gasteiger partial charge in [0.05, 0.1) is 0 Å². The number of anilines is 1. The molecule has 0 N–H and O–H groups in total. The second-order valence-corrected chi connectivity index (χ2v) is 5.16. The second-order valence-electron chi connectivity index (χ2n) is 4.37. The number of carbonyl (C=O) groups is 1. The molecule has 0 saturated heterocycles. The van der Waals surface area contributed by atoms with Crippen LogP contribution in [0.1, 0.15) is 23.7 Å². The van der Waals surface area contributed by atoms with Gasteiger partial charge in [0.25, 0.3) is 5.91 Å². The minimum atomic E-state index is 0.115. The van der Waals surface area contributed by atoms with Crippen LogP contribution in [0.5, 0.6) is 0 Å². The molecule has 0 radical (unpaired) electrons. The molecule has 3 nitrogen and oxygen atoms in total. The van der Waals surface area contributed by atoms with E-state index in [1.54, 1.807) is 0 Å². The van der Waals surface area contributed by atoms with E-state index in [4.69, 9.17) is 0 Å². The quantitative estimate of drug-likeness (QED) is 0.754. The van der Waals surface area contributed by atoms with Gasteiger partial charge in [0.1, 0.15) is 0 Å². The fourth-order valence-electron chi connectivity index (χ4n) is 1.74. The van der Waals surface area contributed by atoms with Gasteiger partial charge in [-0.1, -0.05) is 15.9 Å². The third-order valence-electron chi connectivity index (χ3n) is 2.86. The van der Waals surface area contributed by atoms with E-state index in [-0.39, 0.29) is 5.91 Å². The van der Waals surface area contributed by atoms with Crippen molar-refractivity contribution >= 4 is 27.5 Å². The van der Waals surface area contributed by atoms with Gasteiger partial charge in [-0.2, -0.15) is 0 Å². The Morgan fingerprint density at radius 2 is 1.83 bits per heavy atom. The molecule has 1 aromatic carbocycles. The van der Waals surface area contributed by atoms with Crippen molar-refractivity contribution in [2.75, 3.05) is 37.4 Å². The Labute approximate surface area is 118 Å². The van der Waals surface area contributed by atoms with Crippen molar-refractivity contribution in [3.05, 3.63) is 29.8 Å². The zero-order valence-corrected chi connectivity index (χ0v) is 12.9. The van der Waals surface area contributed by atoms with E-state index in [2.05, 4.69) is 15.9 Å². The molecule has 4 heteroatoms. The van der Waals surface area contributed by atoms with Crippen LogP contribution in [0, 0.1) is 0 Å². The summed E-state index contributed by atoms with van der Waals surface area (Å²) in [6, 6.07) is 7.75. The molecule has 1 aromatic rings. The largest absolute Gasteiger partial charge is 0.378 e. The predicted octanol–water partition coefficient (Wildman–Crippen LogP) is 3.00. The summed E-state index contributed by atoms with van der Waals surface area (Å²) in [5.74, 6) is 0.115. The van der Waals surface area contributed by atoms with Crippen LogP contribution >= 0.6 is 15.9 Å². The average Bonchev–Trinajstić information content (AvgIpc) is 2.39. The summed E-state index contributed by atoms with van der Waals surface area (Å²) in [6.07, 6.45) is 0.982. The Morgan fingerprint density at radius 1 is 1.22 bits per heavy atom. The molecule has 18 heavy (non-hydrogen) atoms. The van der Waals surface area contributed by atoms with Crippen LogP contribution in [0.3, 0.4) is 0 Å². The molecule has 0 saturated carbocycles. The molecule has 0 spiro atoms. The summed E-state index contributed by atoms with van der Waals surface area (Å²) in [7, 11) is 3.98. The summed E-state index contributed by atoms with van der Waals surface area (Å²) >= 11 is 3.39. The zero-order chi connectivity index (χ0) is 13.5. The lowest BCUT2D eigenvalue weighted by molar-refractivity contribution is 0.0765. The van der Waals surface area contributed by atoms with E-state index >= 15 is 0 Å². The van der Waals surface area contributed by atoms with E-state index in [1.165, 1.54) is 0 Å². The van der Waals surface area contributed by atoms with Crippen LogP contribution in [0.4, 0.5) is 5.69 Å². The van der Waals surface area contributed by atoms with Crippen LogP contribution in [0.25, 0.3) is 0 Å². The highest BCUT2D eigenvalue weighted by Gasteiger charge is 2.13. The molecule has 0 heterocycles. The first-order valence-corrected chi connectivity index (χ1v) is 7.35. The van der Waals surface area contributed by atoms with Crippen LogP contribution in [-0.4, -0.2) is 43.3 Å². The maximum absolute atomic E-state index is 12.3. The third kappa shape index (κ3) is 4.02. The van der Waals surface area contributed by atoms with Crippen LogP contribution in [0.15, 0.2) is 24.3 Å². The number of benzene rings is 1. The topological polar surface area (TPSA) is 23.6 Å². The lowest BCUT2D eigenvalue weighted by atomic mass is 10.1. The summed E-state index contributed by atoms with van der Waals surface area (Å²) in [4.78, 5) is 16.2. The first-order chi connectivity index (χ1) is 8.60. The Morgan fingerprint density at radius 3 is 2.28 bits per heavy atom. The molecule has 0 unspecified atom stereocenters. The Kier molecular flexibility index (Phi) is 6.19. The van der Waals surface area contributed by atoms with Crippen LogP contribution in [0.2, 0.25) is 0 Å². The van der Waals surface area contributed by atoms with Crippen molar-refractivity contribution in [3.8, 4) is 0 Å². The lowest BCUT2D eigenvalue weighted by Gasteiger charge is -2.21. The normalized spacial score (nSPS) is 10.2. The number of hydrogen-bond donors (Lipinski definition) is 0. The van der Waals surface area contributed by atoms with Gasteiger partial charge < -0.3 is 9.80 Å². The van der Waals surface area contributed by atoms with Gasteiger partial charge in [0.2, 0.25) is 0 Å². The molecule has 100 valence electrons. The van der Waals surface area contributed by atoms with Gasteiger partial charge in [-0.25, -0.2) is 0 Å². The summed E-state index contributed by atoms with van der Waals surface area (Å²) in [5.41, 5.74) is 1.87. The average molecular weight is 313 g/mol. The van der Waals surface area contributed by atoms with Crippen LogP contribution in [-0.2, 0) is 0 Å². The zero-order valence-electron chi connectivity index (χ0n) is 11.3. The predicted molar refractivity (Wildman–Crippen MR) is 80.8 cm³/mol. The van der Waals surface area contributed by atoms with Crippen LogP contribution < -0.4 is 4.90 Å². The number of rotatable bonds is 6. The molecular weight excluding hydrogens is 292 g/mol. The molecule has 0 aromatic heterocycles. The van der Waals surface area contributed by atoms with Gasteiger partial charge >= 0.3 is 0 Å². The SMILES string of the molecule is CCN(CCCBr)C(=O)c1ccc(N(C)C)cc1. The number of amides is 1. The molecule has 0 atom stereocenters.